The van der Waals surface area contributed by atoms with Crippen LogP contribution in [0.3, 0.4) is 0 Å². The minimum atomic E-state index is -0.449. The van der Waals surface area contributed by atoms with Crippen molar-refractivity contribution in [2.45, 2.75) is 31.5 Å². The second kappa shape index (κ2) is 3.04. The van der Waals surface area contributed by atoms with E-state index < -0.39 is 5.79 Å². The molecule has 2 aliphatic rings. The number of ether oxygens (including phenoxy) is 2. The first-order chi connectivity index (χ1) is 7.19. The Bertz CT molecular complexity index is 378. The molecule has 1 N–H and O–H groups in total. The van der Waals surface area contributed by atoms with Crippen molar-refractivity contribution in [3.63, 3.8) is 0 Å². The zero-order valence-corrected chi connectivity index (χ0v) is 9.71. The Morgan fingerprint density at radius 3 is 2.40 bits per heavy atom. The predicted molar refractivity (Wildman–Crippen MR) is 58.3 cm³/mol. The summed E-state index contributed by atoms with van der Waals surface area (Å²) in [6, 6.07) is 3.37. The standard InChI is InChI=1S/C11H11BrO3/c12-7-5-9-10(6-8(7)13)15-11(14-9)3-1-2-4-11/h5-6,13H,1-4H2. The van der Waals surface area contributed by atoms with E-state index in [0.29, 0.717) is 10.2 Å². The molecule has 1 aliphatic heterocycles. The Kier molecular flexibility index (Phi) is 1.89. The average molecular weight is 271 g/mol. The van der Waals surface area contributed by atoms with Crippen LogP contribution in [-0.4, -0.2) is 10.9 Å². The van der Waals surface area contributed by atoms with Gasteiger partial charge in [-0.25, -0.2) is 0 Å². The monoisotopic (exact) mass is 270 g/mol. The van der Waals surface area contributed by atoms with Crippen molar-refractivity contribution in [2.75, 3.05) is 0 Å². The second-order valence-electron chi connectivity index (χ2n) is 4.07. The lowest BCUT2D eigenvalue weighted by molar-refractivity contribution is -0.0716. The topological polar surface area (TPSA) is 38.7 Å². The van der Waals surface area contributed by atoms with E-state index in [1.165, 1.54) is 0 Å². The van der Waals surface area contributed by atoms with Gasteiger partial charge >= 0.3 is 0 Å². The third kappa shape index (κ3) is 1.39. The molecule has 4 heteroatoms. The fourth-order valence-corrected chi connectivity index (χ4v) is 2.55. The normalized spacial score (nSPS) is 21.1. The lowest BCUT2D eigenvalue weighted by Gasteiger charge is -2.21. The van der Waals surface area contributed by atoms with E-state index in [-0.39, 0.29) is 5.75 Å². The van der Waals surface area contributed by atoms with Gasteiger partial charge in [-0.3, -0.25) is 0 Å². The molecule has 0 aromatic heterocycles. The molecule has 1 aromatic rings. The fraction of sp³-hybridized carbons (Fsp3) is 0.455. The molecule has 1 aliphatic carbocycles. The quantitative estimate of drug-likeness (QED) is 0.787. The molecule has 1 spiro atoms. The summed E-state index contributed by atoms with van der Waals surface area (Å²) >= 11 is 3.26. The Morgan fingerprint density at radius 1 is 1.13 bits per heavy atom. The van der Waals surface area contributed by atoms with Gasteiger partial charge in [0.05, 0.1) is 4.47 Å². The van der Waals surface area contributed by atoms with Gasteiger partial charge in [0.1, 0.15) is 5.75 Å². The van der Waals surface area contributed by atoms with E-state index in [9.17, 15) is 5.11 Å². The lowest BCUT2D eigenvalue weighted by atomic mass is 10.2. The summed E-state index contributed by atoms with van der Waals surface area (Å²) in [7, 11) is 0. The highest BCUT2D eigenvalue weighted by Gasteiger charge is 2.44. The largest absolute Gasteiger partial charge is 0.507 e. The smallest absolute Gasteiger partial charge is 0.251 e. The summed E-state index contributed by atoms with van der Waals surface area (Å²) in [5, 5.41) is 9.53. The second-order valence-corrected chi connectivity index (χ2v) is 4.93. The van der Waals surface area contributed by atoms with Gasteiger partial charge in [-0.1, -0.05) is 0 Å². The first kappa shape index (κ1) is 9.33. The van der Waals surface area contributed by atoms with Crippen LogP contribution in [0.5, 0.6) is 17.2 Å². The van der Waals surface area contributed by atoms with Crippen molar-refractivity contribution in [1.82, 2.24) is 0 Å². The molecule has 0 bridgehead atoms. The number of rotatable bonds is 0. The molecular formula is C11H11BrO3. The van der Waals surface area contributed by atoms with Crippen LogP contribution in [0, 0.1) is 0 Å². The van der Waals surface area contributed by atoms with Crippen LogP contribution < -0.4 is 9.47 Å². The summed E-state index contributed by atoms with van der Waals surface area (Å²) in [5.74, 6) is 1.11. The van der Waals surface area contributed by atoms with Gasteiger partial charge in [-0.05, 0) is 28.8 Å². The van der Waals surface area contributed by atoms with Crippen molar-refractivity contribution < 1.29 is 14.6 Å². The maximum absolute atomic E-state index is 9.53. The van der Waals surface area contributed by atoms with Crippen LogP contribution in [0.15, 0.2) is 16.6 Å². The Hall–Kier alpha value is -0.900. The van der Waals surface area contributed by atoms with Crippen molar-refractivity contribution in [2.24, 2.45) is 0 Å². The molecule has 0 unspecified atom stereocenters. The summed E-state index contributed by atoms with van der Waals surface area (Å²) in [6.45, 7) is 0. The molecule has 1 heterocycles. The van der Waals surface area contributed by atoms with E-state index in [1.54, 1.807) is 12.1 Å². The summed E-state index contributed by atoms with van der Waals surface area (Å²) in [4.78, 5) is 0. The molecule has 15 heavy (non-hydrogen) atoms. The lowest BCUT2D eigenvalue weighted by Crippen LogP contribution is -2.34. The predicted octanol–water partition coefficient (Wildman–Crippen LogP) is 3.20. The number of halogens is 1. The molecule has 0 radical (unpaired) electrons. The van der Waals surface area contributed by atoms with Gasteiger partial charge in [0.25, 0.3) is 5.79 Å². The SMILES string of the molecule is Oc1cc2c(cc1Br)OC1(CCCC1)O2. The van der Waals surface area contributed by atoms with Crippen molar-refractivity contribution in [1.29, 1.82) is 0 Å². The van der Waals surface area contributed by atoms with E-state index in [1.807, 2.05) is 0 Å². The number of phenols is 1. The van der Waals surface area contributed by atoms with Gasteiger partial charge in [0, 0.05) is 25.0 Å². The zero-order chi connectivity index (χ0) is 10.5. The Morgan fingerprint density at radius 2 is 1.73 bits per heavy atom. The molecule has 3 nitrogen and oxygen atoms in total. The summed E-state index contributed by atoms with van der Waals surface area (Å²) < 4.78 is 12.3. The minimum Gasteiger partial charge on any atom is -0.507 e. The highest BCUT2D eigenvalue weighted by molar-refractivity contribution is 9.10. The average Bonchev–Trinajstić information content (AvgIpc) is 2.75. The number of hydrogen-bond donors (Lipinski definition) is 1. The zero-order valence-electron chi connectivity index (χ0n) is 8.12. The molecule has 1 saturated carbocycles. The number of aromatic hydroxyl groups is 1. The maximum Gasteiger partial charge on any atom is 0.251 e. The van der Waals surface area contributed by atoms with Gasteiger partial charge < -0.3 is 14.6 Å². The molecule has 0 saturated heterocycles. The van der Waals surface area contributed by atoms with Crippen molar-refractivity contribution >= 4 is 15.9 Å². The van der Waals surface area contributed by atoms with Crippen molar-refractivity contribution in [3.05, 3.63) is 16.6 Å². The van der Waals surface area contributed by atoms with Gasteiger partial charge in [0.15, 0.2) is 11.5 Å². The van der Waals surface area contributed by atoms with E-state index in [4.69, 9.17) is 9.47 Å². The molecule has 1 aromatic carbocycles. The third-order valence-corrected chi connectivity index (χ3v) is 3.61. The number of fused-ring (bicyclic) bond motifs is 1. The maximum atomic E-state index is 9.53. The molecule has 0 amide bonds. The molecule has 0 atom stereocenters. The van der Waals surface area contributed by atoms with Crippen LogP contribution in [0.1, 0.15) is 25.7 Å². The van der Waals surface area contributed by atoms with Crippen LogP contribution in [0.4, 0.5) is 0 Å². The van der Waals surface area contributed by atoms with Gasteiger partial charge in [0.2, 0.25) is 0 Å². The first-order valence-corrected chi connectivity index (χ1v) is 5.88. The Balaban J connectivity index is 1.99. The van der Waals surface area contributed by atoms with Gasteiger partial charge in [-0.15, -0.1) is 0 Å². The van der Waals surface area contributed by atoms with Crippen LogP contribution in [0.2, 0.25) is 0 Å². The number of benzene rings is 1. The van der Waals surface area contributed by atoms with Gasteiger partial charge in [-0.2, -0.15) is 0 Å². The fourth-order valence-electron chi connectivity index (χ4n) is 2.22. The van der Waals surface area contributed by atoms with E-state index in [2.05, 4.69) is 15.9 Å². The van der Waals surface area contributed by atoms with Crippen molar-refractivity contribution in [3.8, 4) is 17.2 Å². The summed E-state index contributed by atoms with van der Waals surface area (Å²) in [5.41, 5.74) is 0. The van der Waals surface area contributed by atoms with Crippen LogP contribution in [0.25, 0.3) is 0 Å². The number of phenolic OH excluding ortho intramolecular Hbond substituents is 1. The Labute approximate surface area is 96.1 Å². The third-order valence-electron chi connectivity index (χ3n) is 2.97. The molecule has 1 fully saturated rings. The van der Waals surface area contributed by atoms with Crippen LogP contribution >= 0.6 is 15.9 Å². The van der Waals surface area contributed by atoms with E-state index in [0.717, 1.165) is 31.4 Å². The number of hydrogen-bond acceptors (Lipinski definition) is 3. The summed E-state index contributed by atoms with van der Waals surface area (Å²) in [6.07, 6.45) is 4.14. The van der Waals surface area contributed by atoms with Crippen LogP contribution in [-0.2, 0) is 0 Å². The first-order valence-electron chi connectivity index (χ1n) is 5.09. The molecular weight excluding hydrogens is 260 g/mol. The minimum absolute atomic E-state index is 0.187. The highest BCUT2D eigenvalue weighted by Crippen LogP contribution is 2.49. The highest BCUT2D eigenvalue weighted by atomic mass is 79.9. The molecule has 80 valence electrons. The molecule has 3 rings (SSSR count). The van der Waals surface area contributed by atoms with E-state index >= 15 is 0 Å².